The molecular weight excluding hydrogens is 241 g/mol. The Hall–Kier alpha value is -1.20. The lowest BCUT2D eigenvalue weighted by molar-refractivity contribution is -0.141. The van der Waals surface area contributed by atoms with Gasteiger partial charge in [-0.2, -0.15) is 0 Å². The molecule has 1 aliphatic heterocycles. The highest BCUT2D eigenvalue weighted by molar-refractivity contribution is 6.09. The molecule has 1 heterocycles. The van der Waals surface area contributed by atoms with Gasteiger partial charge in [0.1, 0.15) is 26.3 Å². The Bertz CT molecular complexity index is 462. The lowest BCUT2D eigenvalue weighted by Crippen LogP contribution is -2.25. The number of benzene rings is 1. The first-order valence-electron chi connectivity index (χ1n) is 6.75. The summed E-state index contributed by atoms with van der Waals surface area (Å²) in [4.78, 5) is 0. The van der Waals surface area contributed by atoms with Crippen molar-refractivity contribution in [3.63, 3.8) is 0 Å². The van der Waals surface area contributed by atoms with Crippen molar-refractivity contribution in [3.8, 4) is 5.75 Å². The lowest BCUT2D eigenvalue weighted by Gasteiger charge is -2.18. The second-order valence-corrected chi connectivity index (χ2v) is 5.39. The van der Waals surface area contributed by atoms with E-state index in [1.54, 1.807) is 0 Å². The van der Waals surface area contributed by atoms with Crippen LogP contribution in [0.25, 0.3) is 0 Å². The third-order valence-electron chi connectivity index (χ3n) is 3.40. The molecule has 19 heavy (non-hydrogen) atoms. The van der Waals surface area contributed by atoms with Crippen molar-refractivity contribution in [1.29, 1.82) is 0 Å². The van der Waals surface area contributed by atoms with Gasteiger partial charge in [-0.3, -0.25) is 0 Å². The number of anilines is 1. The second kappa shape index (κ2) is 5.43. The smallest absolute Gasteiger partial charge is 0.163 e. The van der Waals surface area contributed by atoms with Crippen LogP contribution in [0.15, 0.2) is 12.1 Å². The zero-order valence-corrected chi connectivity index (χ0v) is 12.2. The Morgan fingerprint density at radius 1 is 1.47 bits per heavy atom. The third kappa shape index (κ3) is 3.22. The van der Waals surface area contributed by atoms with Crippen molar-refractivity contribution >= 4 is 13.5 Å². The van der Waals surface area contributed by atoms with E-state index in [4.69, 9.17) is 19.9 Å². The fraction of sp³-hybridized carbons (Fsp3) is 0.571. The molecule has 1 aromatic rings. The molecular formula is C14H22BNO3. The maximum absolute atomic E-state index is 6.14. The van der Waals surface area contributed by atoms with E-state index in [9.17, 15) is 0 Å². The summed E-state index contributed by atoms with van der Waals surface area (Å²) in [6.45, 7) is 6.89. The fourth-order valence-corrected chi connectivity index (χ4v) is 2.38. The summed E-state index contributed by atoms with van der Waals surface area (Å²) in [6.07, 6.45) is 0.867. The van der Waals surface area contributed by atoms with E-state index in [0.717, 1.165) is 23.3 Å². The highest BCUT2D eigenvalue weighted by Crippen LogP contribution is 2.29. The molecule has 1 aromatic carbocycles. The maximum Gasteiger partial charge on any atom is 0.163 e. The summed E-state index contributed by atoms with van der Waals surface area (Å²) in [7, 11) is 2.10. The van der Waals surface area contributed by atoms with Crippen LogP contribution in [0.1, 0.15) is 25.0 Å². The third-order valence-corrected chi connectivity index (χ3v) is 3.40. The van der Waals surface area contributed by atoms with E-state index in [-0.39, 0.29) is 6.10 Å². The molecule has 0 radical (unpaired) electrons. The Balaban J connectivity index is 2.01. The van der Waals surface area contributed by atoms with Gasteiger partial charge in [0.2, 0.25) is 0 Å². The van der Waals surface area contributed by atoms with E-state index >= 15 is 0 Å². The lowest BCUT2D eigenvalue weighted by atomic mass is 9.92. The van der Waals surface area contributed by atoms with E-state index in [1.165, 1.54) is 5.56 Å². The normalized spacial score (nSPS) is 21.5. The maximum atomic E-state index is 6.14. The van der Waals surface area contributed by atoms with E-state index in [1.807, 2.05) is 26.0 Å². The van der Waals surface area contributed by atoms with Crippen LogP contribution in [-0.4, -0.2) is 33.0 Å². The van der Waals surface area contributed by atoms with Gasteiger partial charge in [0.25, 0.3) is 0 Å². The molecule has 1 saturated heterocycles. The largest absolute Gasteiger partial charge is 0.489 e. The van der Waals surface area contributed by atoms with Crippen LogP contribution in [0.2, 0.25) is 0 Å². The Labute approximate surface area is 115 Å². The number of nitrogen functional groups attached to an aromatic ring is 1. The number of nitrogens with two attached hydrogens (primary N) is 1. The zero-order chi connectivity index (χ0) is 14.0. The van der Waals surface area contributed by atoms with Crippen molar-refractivity contribution in [1.82, 2.24) is 0 Å². The predicted molar refractivity (Wildman–Crippen MR) is 78.2 cm³/mol. The molecule has 1 aliphatic rings. The summed E-state index contributed by atoms with van der Waals surface area (Å²) < 4.78 is 17.0. The van der Waals surface area contributed by atoms with Crippen molar-refractivity contribution < 1.29 is 14.2 Å². The van der Waals surface area contributed by atoms with Crippen molar-refractivity contribution in [3.05, 3.63) is 23.3 Å². The molecule has 0 aromatic heterocycles. The Morgan fingerprint density at radius 3 is 2.79 bits per heavy atom. The number of rotatable bonds is 4. The minimum atomic E-state index is -0.512. The van der Waals surface area contributed by atoms with Gasteiger partial charge in [0, 0.05) is 0 Å². The minimum absolute atomic E-state index is 0.0409. The van der Waals surface area contributed by atoms with Crippen LogP contribution >= 0.6 is 0 Å². The van der Waals surface area contributed by atoms with Crippen molar-refractivity contribution in [2.24, 2.45) is 0 Å². The first-order chi connectivity index (χ1) is 8.93. The van der Waals surface area contributed by atoms with Crippen LogP contribution in [-0.2, 0) is 15.8 Å². The number of hydrogen-bond donors (Lipinski definition) is 1. The van der Waals surface area contributed by atoms with E-state index in [0.29, 0.717) is 13.2 Å². The summed E-state index contributed by atoms with van der Waals surface area (Å²) in [5.41, 5.74) is 9.23. The molecule has 0 saturated carbocycles. The molecule has 2 rings (SSSR count). The van der Waals surface area contributed by atoms with Crippen LogP contribution in [0.5, 0.6) is 5.75 Å². The van der Waals surface area contributed by atoms with E-state index in [2.05, 4.69) is 14.8 Å². The van der Waals surface area contributed by atoms with Crippen LogP contribution in [0.4, 0.5) is 5.69 Å². The van der Waals surface area contributed by atoms with Gasteiger partial charge < -0.3 is 19.9 Å². The average molecular weight is 263 g/mol. The average Bonchev–Trinajstić information content (AvgIpc) is 2.69. The SMILES string of the molecule is BCc1c(C)ccc(OCC2COC(C)(C)O2)c1N. The summed E-state index contributed by atoms with van der Waals surface area (Å²) >= 11 is 0. The quantitative estimate of drug-likeness (QED) is 0.656. The fourth-order valence-electron chi connectivity index (χ4n) is 2.38. The number of aryl methyl sites for hydroxylation is 1. The molecule has 5 heteroatoms. The van der Waals surface area contributed by atoms with Crippen molar-refractivity contribution in [2.75, 3.05) is 18.9 Å². The molecule has 4 nitrogen and oxygen atoms in total. The van der Waals surface area contributed by atoms with E-state index < -0.39 is 5.79 Å². The van der Waals surface area contributed by atoms with Crippen LogP contribution in [0.3, 0.4) is 0 Å². The number of hydrogen-bond acceptors (Lipinski definition) is 4. The molecule has 2 N–H and O–H groups in total. The summed E-state index contributed by atoms with van der Waals surface area (Å²) in [6, 6.07) is 3.96. The van der Waals surface area contributed by atoms with Gasteiger partial charge in [-0.25, -0.2) is 0 Å². The summed E-state index contributed by atoms with van der Waals surface area (Å²) in [5, 5.41) is 0. The summed E-state index contributed by atoms with van der Waals surface area (Å²) in [5.74, 6) is 0.220. The van der Waals surface area contributed by atoms with Gasteiger partial charge in [-0.1, -0.05) is 12.4 Å². The van der Waals surface area contributed by atoms with Crippen LogP contribution < -0.4 is 10.5 Å². The van der Waals surface area contributed by atoms with Gasteiger partial charge in [0.15, 0.2) is 5.79 Å². The first kappa shape index (κ1) is 14.2. The zero-order valence-electron chi connectivity index (χ0n) is 12.2. The molecule has 1 unspecified atom stereocenters. The minimum Gasteiger partial charge on any atom is -0.489 e. The van der Waals surface area contributed by atoms with Gasteiger partial charge >= 0.3 is 0 Å². The molecule has 0 amide bonds. The Kier molecular flexibility index (Phi) is 4.06. The molecule has 0 spiro atoms. The molecule has 0 aliphatic carbocycles. The van der Waals surface area contributed by atoms with Gasteiger partial charge in [0.05, 0.1) is 12.3 Å². The second-order valence-electron chi connectivity index (χ2n) is 5.39. The topological polar surface area (TPSA) is 53.7 Å². The first-order valence-corrected chi connectivity index (χ1v) is 6.75. The van der Waals surface area contributed by atoms with Gasteiger partial charge in [-0.05, 0) is 38.0 Å². The standard InChI is InChI=1S/C14H22BNO3/c1-9-4-5-12(13(16)11(9)6-15)17-7-10-8-18-14(2,3)19-10/h4-5,10H,6-8,15-16H2,1-3H3. The van der Waals surface area contributed by atoms with Crippen molar-refractivity contribution in [2.45, 2.75) is 39.0 Å². The molecule has 1 atom stereocenters. The van der Waals surface area contributed by atoms with Crippen LogP contribution in [0, 0.1) is 6.92 Å². The number of ether oxygens (including phenoxy) is 3. The van der Waals surface area contributed by atoms with Gasteiger partial charge in [-0.15, -0.1) is 0 Å². The predicted octanol–water partition coefficient (Wildman–Crippen LogP) is 1.24. The highest BCUT2D eigenvalue weighted by Gasteiger charge is 2.33. The molecule has 1 fully saturated rings. The Morgan fingerprint density at radius 2 is 2.21 bits per heavy atom. The molecule has 0 bridgehead atoms. The molecule has 104 valence electrons. The highest BCUT2D eigenvalue weighted by atomic mass is 16.7. The monoisotopic (exact) mass is 263 g/mol.